The molecule has 1 atom stereocenters. The normalized spacial score (nSPS) is 9.14. The molecule has 0 bridgehead atoms. The number of hydrogen-bond acceptors (Lipinski definition) is 1. The third-order valence-electron chi connectivity index (χ3n) is 1.47. The first-order chi connectivity index (χ1) is 6.65. The highest BCUT2D eigenvalue weighted by Gasteiger charge is 2.07. The van der Waals surface area contributed by atoms with Crippen molar-refractivity contribution in [3.05, 3.63) is 34.6 Å². The van der Waals surface area contributed by atoms with Gasteiger partial charge in [-0.15, -0.1) is 0 Å². The van der Waals surface area contributed by atoms with Crippen LogP contribution >= 0.6 is 20.8 Å². The summed E-state index contributed by atoms with van der Waals surface area (Å²) in [4.78, 5) is 11.1. The van der Waals surface area contributed by atoms with Crippen molar-refractivity contribution in [1.29, 1.82) is 0 Å². The van der Waals surface area contributed by atoms with Crippen molar-refractivity contribution >= 4 is 26.6 Å². The molecule has 0 aliphatic rings. The van der Waals surface area contributed by atoms with Crippen molar-refractivity contribution in [2.24, 2.45) is 0 Å². The third kappa shape index (κ3) is 3.73. The molecule has 0 amide bonds. The van der Waals surface area contributed by atoms with E-state index in [2.05, 4.69) is 0 Å². The average Bonchev–Trinajstić information content (AvgIpc) is 2.24. The van der Waals surface area contributed by atoms with E-state index in [4.69, 9.17) is 11.6 Å². The van der Waals surface area contributed by atoms with Gasteiger partial charge in [0.2, 0.25) is 0 Å². The van der Waals surface area contributed by atoms with Crippen LogP contribution in [0.1, 0.15) is 24.2 Å². The van der Waals surface area contributed by atoms with Crippen molar-refractivity contribution in [2.45, 2.75) is 13.8 Å². The Morgan fingerprint density at radius 1 is 1.50 bits per heavy atom. The molecule has 0 heterocycles. The fraction of sp³-hybridized carbons (Fsp3) is 0.300. The molecule has 0 aromatic heterocycles. The van der Waals surface area contributed by atoms with Gasteiger partial charge >= 0.3 is 0 Å². The summed E-state index contributed by atoms with van der Waals surface area (Å²) < 4.78 is 12.8. The maximum absolute atomic E-state index is 12.8. The lowest BCUT2D eigenvalue weighted by molar-refractivity contribution is 0.102. The molecule has 0 spiro atoms. The zero-order valence-corrected chi connectivity index (χ0v) is 10.5. The molecule has 0 N–H and O–H groups in total. The van der Waals surface area contributed by atoms with Crippen LogP contribution in [0.25, 0.3) is 0 Å². The second-order valence-corrected chi connectivity index (χ2v) is 3.21. The molecular weight excluding hydrogens is 222 g/mol. The van der Waals surface area contributed by atoms with Gasteiger partial charge in [0.05, 0.1) is 5.02 Å². The van der Waals surface area contributed by atoms with Gasteiger partial charge in [0.1, 0.15) is 12.0 Å². The van der Waals surface area contributed by atoms with E-state index >= 15 is 0 Å². The van der Waals surface area contributed by atoms with Gasteiger partial charge in [-0.3, -0.25) is 4.79 Å². The van der Waals surface area contributed by atoms with E-state index in [1.165, 1.54) is 18.2 Å². The number of rotatable bonds is 2. The van der Waals surface area contributed by atoms with E-state index in [1.807, 2.05) is 13.8 Å². The van der Waals surface area contributed by atoms with Gasteiger partial charge in [0.25, 0.3) is 0 Å². The summed E-state index contributed by atoms with van der Waals surface area (Å²) >= 11 is 5.44. The Bertz CT molecular complexity index is 315. The zero-order chi connectivity index (χ0) is 11.1. The van der Waals surface area contributed by atoms with Crippen LogP contribution in [-0.2, 0) is 0 Å². The van der Waals surface area contributed by atoms with E-state index in [1.54, 1.807) is 9.24 Å². The summed E-state index contributed by atoms with van der Waals surface area (Å²) in [5, 5.41) is 0.0464. The minimum atomic E-state index is -0.542. The van der Waals surface area contributed by atoms with Gasteiger partial charge < -0.3 is 0 Å². The molecule has 1 aromatic rings. The molecule has 1 aromatic carbocycles. The lowest BCUT2D eigenvalue weighted by Gasteiger charge is -1.97. The SMILES string of the molecule is CC.O=C(C[PH3+])c1ccc(Cl)c(F)c1. The van der Waals surface area contributed by atoms with Crippen LogP contribution in [0.15, 0.2) is 18.2 Å². The fourth-order valence-corrected chi connectivity index (χ4v) is 1.22. The highest BCUT2D eigenvalue weighted by Crippen LogP contribution is 2.16. The van der Waals surface area contributed by atoms with Gasteiger partial charge in [0, 0.05) is 5.56 Å². The molecule has 0 radical (unpaired) electrons. The van der Waals surface area contributed by atoms with Crippen LogP contribution in [0.5, 0.6) is 0 Å². The number of carbonyl (C=O) groups is 1. The minimum absolute atomic E-state index is 0.0464. The van der Waals surface area contributed by atoms with E-state index < -0.39 is 5.82 Å². The monoisotopic (exact) mass is 235 g/mol. The summed E-state index contributed by atoms with van der Waals surface area (Å²) in [6.07, 6.45) is 0.404. The minimum Gasteiger partial charge on any atom is -0.290 e. The Morgan fingerprint density at radius 3 is 2.50 bits per heavy atom. The molecule has 0 fully saturated rings. The second-order valence-electron chi connectivity index (χ2n) is 2.30. The van der Waals surface area contributed by atoms with Crippen molar-refractivity contribution in [3.63, 3.8) is 0 Å². The van der Waals surface area contributed by atoms with Crippen LogP contribution in [0, 0.1) is 5.82 Å². The first-order valence-corrected chi connectivity index (χ1v) is 5.80. The van der Waals surface area contributed by atoms with Gasteiger partial charge in [-0.05, 0) is 27.4 Å². The predicted octanol–water partition coefficient (Wildman–Crippen LogP) is 3.30. The number of carbonyl (C=O) groups excluding carboxylic acids is 1. The van der Waals surface area contributed by atoms with Crippen molar-refractivity contribution in [3.8, 4) is 0 Å². The number of benzene rings is 1. The summed E-state index contributed by atoms with van der Waals surface area (Å²) in [5.74, 6) is -0.608. The van der Waals surface area contributed by atoms with Crippen LogP contribution < -0.4 is 0 Å². The topological polar surface area (TPSA) is 17.1 Å². The quantitative estimate of drug-likeness (QED) is 0.568. The summed E-state index contributed by atoms with van der Waals surface area (Å²) in [7, 11) is 1.54. The van der Waals surface area contributed by atoms with Crippen LogP contribution in [0.4, 0.5) is 4.39 Å². The fourth-order valence-electron chi connectivity index (χ4n) is 0.814. The van der Waals surface area contributed by atoms with Crippen molar-refractivity contribution in [1.82, 2.24) is 0 Å². The molecule has 0 aliphatic carbocycles. The van der Waals surface area contributed by atoms with E-state index in [9.17, 15) is 9.18 Å². The molecule has 1 nitrogen and oxygen atoms in total. The maximum atomic E-state index is 12.8. The lowest BCUT2D eigenvalue weighted by atomic mass is 10.1. The number of Topliss-reactive ketones (excluding diaryl/α,β-unsaturated/α-hetero) is 1. The lowest BCUT2D eigenvalue weighted by Crippen LogP contribution is -1.99. The Morgan fingerprint density at radius 2 is 2.07 bits per heavy atom. The van der Waals surface area contributed by atoms with Crippen LogP contribution in [0.2, 0.25) is 5.02 Å². The van der Waals surface area contributed by atoms with Gasteiger partial charge in [0.15, 0.2) is 5.78 Å². The Kier molecular flexibility index (Phi) is 6.69. The van der Waals surface area contributed by atoms with Crippen LogP contribution in [0.3, 0.4) is 0 Å². The molecule has 78 valence electrons. The highest BCUT2D eigenvalue weighted by molar-refractivity contribution is 7.18. The summed E-state index contributed by atoms with van der Waals surface area (Å²) in [5.41, 5.74) is 0.381. The highest BCUT2D eigenvalue weighted by atomic mass is 35.5. The van der Waals surface area contributed by atoms with E-state index in [0.29, 0.717) is 11.7 Å². The molecule has 1 unspecified atom stereocenters. The Balaban J connectivity index is 0.000000791. The first kappa shape index (κ1) is 13.5. The molecule has 14 heavy (non-hydrogen) atoms. The molecule has 4 heteroatoms. The van der Waals surface area contributed by atoms with Crippen molar-refractivity contribution in [2.75, 3.05) is 6.16 Å². The molecule has 0 saturated heterocycles. The van der Waals surface area contributed by atoms with E-state index in [-0.39, 0.29) is 10.8 Å². The molecular formula is C10H14ClFOP+. The largest absolute Gasteiger partial charge is 0.290 e. The standard InChI is InChI=1S/C8H7ClFOP.C2H6/c9-6-2-1-5(3-7(6)10)8(11)4-12;1-2/h1-3H,4,12H2;1-2H3/p+1. The van der Waals surface area contributed by atoms with Crippen LogP contribution in [-0.4, -0.2) is 11.9 Å². The summed E-state index contributed by atoms with van der Waals surface area (Å²) in [6, 6.07) is 4.09. The number of ketones is 1. The zero-order valence-electron chi connectivity index (χ0n) is 8.31. The first-order valence-electron chi connectivity index (χ1n) is 4.42. The smallest absolute Gasteiger partial charge is 0.199 e. The van der Waals surface area contributed by atoms with Gasteiger partial charge in [-0.2, -0.15) is 0 Å². The van der Waals surface area contributed by atoms with Gasteiger partial charge in [-0.25, -0.2) is 4.39 Å². The molecule has 0 aliphatic heterocycles. The predicted molar refractivity (Wildman–Crippen MR) is 63.1 cm³/mol. The number of halogens is 2. The van der Waals surface area contributed by atoms with Gasteiger partial charge in [-0.1, -0.05) is 25.4 Å². The molecule has 0 saturated carbocycles. The number of hydrogen-bond donors (Lipinski definition) is 0. The Hall–Kier alpha value is -0.460. The maximum Gasteiger partial charge on any atom is 0.199 e. The second kappa shape index (κ2) is 6.92. The van der Waals surface area contributed by atoms with E-state index in [0.717, 1.165) is 0 Å². The average molecular weight is 236 g/mol. The molecule has 1 rings (SSSR count). The third-order valence-corrected chi connectivity index (χ3v) is 2.23. The van der Waals surface area contributed by atoms with Crippen molar-refractivity contribution < 1.29 is 9.18 Å². The summed E-state index contributed by atoms with van der Waals surface area (Å²) in [6.45, 7) is 4.00. The Labute approximate surface area is 90.9 Å².